The van der Waals surface area contributed by atoms with Crippen LogP contribution in [-0.4, -0.2) is 51.7 Å². The molecule has 2 rings (SSSR count). The maximum Gasteiger partial charge on any atom is 0.155 e. The first kappa shape index (κ1) is 14.4. The van der Waals surface area contributed by atoms with E-state index in [0.717, 1.165) is 5.69 Å². The highest BCUT2D eigenvalue weighted by Gasteiger charge is 2.38. The normalized spacial score (nSPS) is 26.7. The molecule has 0 radical (unpaired) electrons. The zero-order chi connectivity index (χ0) is 14.3. The van der Waals surface area contributed by atoms with Crippen molar-refractivity contribution in [2.45, 2.75) is 45.0 Å². The van der Waals surface area contributed by atoms with Crippen LogP contribution in [0.2, 0.25) is 0 Å². The second-order valence-electron chi connectivity index (χ2n) is 6.01. The van der Waals surface area contributed by atoms with Crippen LogP contribution in [0, 0.1) is 0 Å². The first-order valence-electron chi connectivity index (χ1n) is 6.20. The third-order valence-corrected chi connectivity index (χ3v) is 4.69. The van der Waals surface area contributed by atoms with E-state index in [2.05, 4.69) is 15.6 Å². The van der Waals surface area contributed by atoms with Crippen LogP contribution in [0.15, 0.2) is 6.20 Å². The Bertz CT molecular complexity index is 547. The number of aliphatic hydroxyl groups excluding tert-OH is 1. The summed E-state index contributed by atoms with van der Waals surface area (Å²) in [6.07, 6.45) is 0.781. The van der Waals surface area contributed by atoms with Gasteiger partial charge in [-0.05, 0) is 20.8 Å². The molecule has 8 heteroatoms. The molecule has 0 aliphatic carbocycles. The lowest BCUT2D eigenvalue weighted by Crippen LogP contribution is -2.35. The molecule has 1 aliphatic heterocycles. The largest absolute Gasteiger partial charge is 0.390 e. The summed E-state index contributed by atoms with van der Waals surface area (Å²) in [5.41, 5.74) is 0.700. The van der Waals surface area contributed by atoms with Crippen LogP contribution in [0.3, 0.4) is 0 Å². The molecule has 0 bridgehead atoms. The van der Waals surface area contributed by atoms with Crippen LogP contribution in [0.25, 0.3) is 0 Å². The topological polar surface area (TPSA) is 97.1 Å². The number of aliphatic hydroxyl groups is 1. The summed E-state index contributed by atoms with van der Waals surface area (Å²) in [5, 5.41) is 20.9. The summed E-state index contributed by atoms with van der Waals surface area (Å²) in [6, 6.07) is -0.527. The minimum absolute atomic E-state index is 0.0278. The number of hydrogen-bond donors (Lipinski definition) is 2. The molecule has 2 heterocycles. The summed E-state index contributed by atoms with van der Waals surface area (Å²) in [4.78, 5) is 0. The maximum absolute atomic E-state index is 11.5. The van der Waals surface area contributed by atoms with Crippen LogP contribution < -0.4 is 5.32 Å². The highest BCUT2D eigenvalue weighted by Crippen LogP contribution is 2.23. The van der Waals surface area contributed by atoms with E-state index >= 15 is 0 Å². The minimum atomic E-state index is -3.17. The standard InChI is InChI=1S/C11H20N4O3S/c1-11(2,3)12-4-8-5-15(14-13-8)9-6-19(17,18)7-10(9)16/h5,9-10,12,16H,4,6-7H2,1-3H3. The van der Waals surface area contributed by atoms with Crippen molar-refractivity contribution >= 4 is 9.84 Å². The van der Waals surface area contributed by atoms with Gasteiger partial charge in [-0.2, -0.15) is 0 Å². The van der Waals surface area contributed by atoms with Gasteiger partial charge in [-0.25, -0.2) is 13.1 Å². The Kier molecular flexibility index (Phi) is 3.67. The Morgan fingerprint density at radius 2 is 2.16 bits per heavy atom. The first-order valence-corrected chi connectivity index (χ1v) is 8.03. The van der Waals surface area contributed by atoms with Gasteiger partial charge in [0, 0.05) is 12.1 Å². The van der Waals surface area contributed by atoms with Crippen molar-refractivity contribution in [3.05, 3.63) is 11.9 Å². The predicted octanol–water partition coefficient (Wildman–Crippen LogP) is -0.503. The number of nitrogens with one attached hydrogen (secondary N) is 1. The van der Waals surface area contributed by atoms with Gasteiger partial charge < -0.3 is 10.4 Å². The van der Waals surface area contributed by atoms with E-state index in [0.29, 0.717) is 6.54 Å². The molecule has 2 N–H and O–H groups in total. The van der Waals surface area contributed by atoms with Crippen LogP contribution >= 0.6 is 0 Å². The van der Waals surface area contributed by atoms with Crippen molar-refractivity contribution in [1.29, 1.82) is 0 Å². The van der Waals surface area contributed by atoms with E-state index in [1.165, 1.54) is 4.68 Å². The Balaban J connectivity index is 2.05. The van der Waals surface area contributed by atoms with Crippen LogP contribution in [0.4, 0.5) is 0 Å². The van der Waals surface area contributed by atoms with Crippen LogP contribution in [-0.2, 0) is 16.4 Å². The van der Waals surface area contributed by atoms with E-state index in [4.69, 9.17) is 0 Å². The smallest absolute Gasteiger partial charge is 0.155 e. The Morgan fingerprint density at radius 1 is 1.47 bits per heavy atom. The van der Waals surface area contributed by atoms with Gasteiger partial charge in [0.25, 0.3) is 0 Å². The number of hydrogen-bond acceptors (Lipinski definition) is 6. The fourth-order valence-electron chi connectivity index (χ4n) is 1.98. The zero-order valence-corrected chi connectivity index (χ0v) is 12.2. The highest BCUT2D eigenvalue weighted by atomic mass is 32.2. The number of aromatic nitrogens is 3. The van der Waals surface area contributed by atoms with Crippen LogP contribution in [0.5, 0.6) is 0 Å². The van der Waals surface area contributed by atoms with Gasteiger partial charge in [-0.15, -0.1) is 5.10 Å². The molecule has 1 aromatic heterocycles. The van der Waals surface area contributed by atoms with Crippen molar-refractivity contribution in [2.24, 2.45) is 0 Å². The number of rotatable bonds is 3. The average molecular weight is 288 g/mol. The molecule has 2 unspecified atom stereocenters. The summed E-state index contributed by atoms with van der Waals surface area (Å²) >= 11 is 0. The van der Waals surface area contributed by atoms with Gasteiger partial charge in [0.05, 0.1) is 35.5 Å². The molecule has 19 heavy (non-hydrogen) atoms. The fourth-order valence-corrected chi connectivity index (χ4v) is 3.75. The molecule has 0 aromatic carbocycles. The third kappa shape index (κ3) is 3.74. The molecule has 0 saturated carbocycles. The second-order valence-corrected chi connectivity index (χ2v) is 8.16. The van der Waals surface area contributed by atoms with Crippen molar-refractivity contribution < 1.29 is 13.5 Å². The molecular formula is C11H20N4O3S. The first-order chi connectivity index (χ1) is 8.66. The molecule has 108 valence electrons. The molecule has 1 fully saturated rings. The van der Waals surface area contributed by atoms with Gasteiger partial charge in [-0.1, -0.05) is 5.21 Å². The quantitative estimate of drug-likeness (QED) is 0.778. The number of nitrogens with zero attached hydrogens (tertiary/aromatic N) is 3. The van der Waals surface area contributed by atoms with Crippen molar-refractivity contribution in [3.8, 4) is 0 Å². The van der Waals surface area contributed by atoms with Crippen molar-refractivity contribution in [2.75, 3.05) is 11.5 Å². The summed E-state index contributed by atoms with van der Waals surface area (Å²) in [6.45, 7) is 6.69. The monoisotopic (exact) mass is 288 g/mol. The van der Waals surface area contributed by atoms with Crippen molar-refractivity contribution in [3.63, 3.8) is 0 Å². The Labute approximate surface area is 112 Å². The van der Waals surface area contributed by atoms with E-state index in [9.17, 15) is 13.5 Å². The molecule has 7 nitrogen and oxygen atoms in total. The molecule has 2 atom stereocenters. The lowest BCUT2D eigenvalue weighted by Gasteiger charge is -2.19. The van der Waals surface area contributed by atoms with Gasteiger partial charge in [0.2, 0.25) is 0 Å². The molecule has 1 aliphatic rings. The Morgan fingerprint density at radius 3 is 2.68 bits per heavy atom. The summed E-state index contributed by atoms with van der Waals surface area (Å²) < 4.78 is 24.4. The molecular weight excluding hydrogens is 268 g/mol. The van der Waals surface area contributed by atoms with E-state index in [1.807, 2.05) is 20.8 Å². The minimum Gasteiger partial charge on any atom is -0.390 e. The lowest BCUT2D eigenvalue weighted by molar-refractivity contribution is 0.145. The van der Waals surface area contributed by atoms with Crippen molar-refractivity contribution in [1.82, 2.24) is 20.3 Å². The Hall–Kier alpha value is -0.990. The molecule has 1 aromatic rings. The number of sulfone groups is 1. The van der Waals surface area contributed by atoms with Gasteiger partial charge in [-0.3, -0.25) is 0 Å². The second kappa shape index (κ2) is 4.84. The van der Waals surface area contributed by atoms with E-state index in [-0.39, 0.29) is 17.0 Å². The van der Waals surface area contributed by atoms with Gasteiger partial charge >= 0.3 is 0 Å². The van der Waals surface area contributed by atoms with Gasteiger partial charge in [0.15, 0.2) is 9.84 Å². The third-order valence-electron chi connectivity index (χ3n) is 2.99. The average Bonchev–Trinajstić information content (AvgIpc) is 2.78. The summed E-state index contributed by atoms with van der Waals surface area (Å²) in [5.74, 6) is -0.281. The zero-order valence-electron chi connectivity index (χ0n) is 11.4. The van der Waals surface area contributed by atoms with Crippen LogP contribution in [0.1, 0.15) is 32.5 Å². The van der Waals surface area contributed by atoms with E-state index < -0.39 is 22.0 Å². The summed E-state index contributed by atoms with van der Waals surface area (Å²) in [7, 11) is -3.17. The SMILES string of the molecule is CC(C)(C)NCc1cn(C2CS(=O)(=O)CC2O)nn1. The maximum atomic E-state index is 11.5. The van der Waals surface area contributed by atoms with Gasteiger partial charge in [0.1, 0.15) is 0 Å². The highest BCUT2D eigenvalue weighted by molar-refractivity contribution is 7.91. The predicted molar refractivity (Wildman–Crippen MR) is 70.3 cm³/mol. The van der Waals surface area contributed by atoms with E-state index in [1.54, 1.807) is 6.20 Å². The fraction of sp³-hybridized carbons (Fsp3) is 0.818. The molecule has 1 saturated heterocycles. The lowest BCUT2D eigenvalue weighted by atomic mass is 10.1. The molecule has 0 spiro atoms. The molecule has 0 amide bonds.